The summed E-state index contributed by atoms with van der Waals surface area (Å²) in [6, 6.07) is 0. The highest BCUT2D eigenvalue weighted by Crippen LogP contribution is 2.33. The molecule has 8 heteroatoms. The first-order valence-corrected chi connectivity index (χ1v) is 6.12. The zero-order chi connectivity index (χ0) is 10.9. The van der Waals surface area contributed by atoms with Crippen molar-refractivity contribution in [1.29, 1.82) is 0 Å². The van der Waals surface area contributed by atoms with Crippen LogP contribution in [0.1, 0.15) is 0 Å². The van der Waals surface area contributed by atoms with E-state index in [4.69, 9.17) is 4.74 Å². The van der Waals surface area contributed by atoms with Crippen molar-refractivity contribution in [2.75, 3.05) is 13.4 Å². The van der Waals surface area contributed by atoms with E-state index in [0.29, 0.717) is 10.4 Å². The fourth-order valence-electron chi connectivity index (χ4n) is 0.877. The summed E-state index contributed by atoms with van der Waals surface area (Å²) in [6.07, 6.45) is 0.945. The Hall–Kier alpha value is -0.760. The van der Waals surface area contributed by atoms with Gasteiger partial charge < -0.3 is 8.92 Å². The number of nitrogens with zero attached hydrogens (tertiary/aromatic N) is 2. The normalized spacial score (nSPS) is 11.4. The molecule has 0 bridgehead atoms. The van der Waals surface area contributed by atoms with Gasteiger partial charge in [-0.3, -0.25) is 0 Å². The van der Waals surface area contributed by atoms with Gasteiger partial charge in [-0.1, -0.05) is 0 Å². The lowest BCUT2D eigenvalue weighted by Crippen LogP contribution is -2.06. The molecular formula is C6H9BrN2O4S. The first-order valence-electron chi connectivity index (χ1n) is 3.51. The zero-order valence-corrected chi connectivity index (χ0v) is 10.2. The number of hydrogen-bond donors (Lipinski definition) is 0. The number of methoxy groups -OCH3 is 1. The molecule has 0 saturated heterocycles. The maximum Gasteiger partial charge on any atom is 0.307 e. The molecule has 0 aromatic carbocycles. The predicted molar refractivity (Wildman–Crippen MR) is 52.9 cm³/mol. The van der Waals surface area contributed by atoms with Crippen LogP contribution >= 0.6 is 15.9 Å². The van der Waals surface area contributed by atoms with Gasteiger partial charge in [0.2, 0.25) is 5.88 Å². The molecule has 1 aromatic heterocycles. The summed E-state index contributed by atoms with van der Waals surface area (Å²) in [5, 5.41) is 3.81. The van der Waals surface area contributed by atoms with Crippen molar-refractivity contribution in [2.45, 2.75) is 0 Å². The highest BCUT2D eigenvalue weighted by Gasteiger charge is 2.18. The average Bonchev–Trinajstić information content (AvgIpc) is 2.24. The molecule has 1 aromatic rings. The lowest BCUT2D eigenvalue weighted by atomic mass is 10.6. The third kappa shape index (κ3) is 2.38. The first-order chi connectivity index (χ1) is 6.35. The Bertz CT molecular complexity index is 439. The van der Waals surface area contributed by atoms with E-state index in [1.54, 1.807) is 7.05 Å². The highest BCUT2D eigenvalue weighted by atomic mass is 79.9. The maximum atomic E-state index is 10.8. The van der Waals surface area contributed by atoms with E-state index in [9.17, 15) is 8.42 Å². The summed E-state index contributed by atoms with van der Waals surface area (Å²) in [5.41, 5.74) is 0. The van der Waals surface area contributed by atoms with Crippen LogP contribution in [0.3, 0.4) is 0 Å². The van der Waals surface area contributed by atoms with Gasteiger partial charge in [-0.05, 0) is 15.9 Å². The molecule has 1 rings (SSSR count). The zero-order valence-electron chi connectivity index (χ0n) is 7.81. The van der Waals surface area contributed by atoms with Crippen molar-refractivity contribution in [3.63, 3.8) is 0 Å². The van der Waals surface area contributed by atoms with E-state index in [1.807, 2.05) is 0 Å². The van der Waals surface area contributed by atoms with Crippen LogP contribution in [0.15, 0.2) is 4.47 Å². The summed E-state index contributed by atoms with van der Waals surface area (Å²) in [5.74, 6) is 0.357. The Labute approximate surface area is 90.1 Å². The Morgan fingerprint density at radius 1 is 1.50 bits per heavy atom. The van der Waals surface area contributed by atoms with Gasteiger partial charge in [0.15, 0.2) is 0 Å². The van der Waals surface area contributed by atoms with Crippen LogP contribution in [0.4, 0.5) is 0 Å². The van der Waals surface area contributed by atoms with Gasteiger partial charge in [-0.25, -0.2) is 4.68 Å². The number of aromatic nitrogens is 2. The highest BCUT2D eigenvalue weighted by molar-refractivity contribution is 9.10. The van der Waals surface area contributed by atoms with Crippen molar-refractivity contribution in [2.24, 2.45) is 7.05 Å². The largest absolute Gasteiger partial charge is 0.480 e. The van der Waals surface area contributed by atoms with Crippen molar-refractivity contribution in [1.82, 2.24) is 9.78 Å². The lowest BCUT2D eigenvalue weighted by molar-refractivity contribution is 0.371. The van der Waals surface area contributed by atoms with Gasteiger partial charge in [-0.2, -0.15) is 8.42 Å². The molecule has 1 heterocycles. The van der Waals surface area contributed by atoms with Crippen molar-refractivity contribution in [3.05, 3.63) is 4.47 Å². The Balaban J connectivity index is 3.12. The fraction of sp³-hybridized carbons (Fsp3) is 0.500. The third-order valence-corrected chi connectivity index (χ3v) is 2.47. The molecule has 0 radical (unpaired) electrons. The van der Waals surface area contributed by atoms with E-state index in [-0.39, 0.29) is 5.88 Å². The van der Waals surface area contributed by atoms with Gasteiger partial charge >= 0.3 is 10.1 Å². The fourth-order valence-corrected chi connectivity index (χ4v) is 1.97. The Morgan fingerprint density at radius 2 is 2.07 bits per heavy atom. The number of hydrogen-bond acceptors (Lipinski definition) is 5. The van der Waals surface area contributed by atoms with Gasteiger partial charge in [0, 0.05) is 7.05 Å². The summed E-state index contributed by atoms with van der Waals surface area (Å²) >= 11 is 3.12. The second-order valence-corrected chi connectivity index (χ2v) is 4.91. The third-order valence-electron chi connectivity index (χ3n) is 1.33. The molecule has 0 saturated carbocycles. The number of aryl methyl sites for hydroxylation is 1. The molecule has 80 valence electrons. The van der Waals surface area contributed by atoms with Crippen molar-refractivity contribution >= 4 is 26.0 Å². The Kier molecular flexibility index (Phi) is 3.05. The molecule has 0 aliphatic carbocycles. The van der Waals surface area contributed by atoms with E-state index < -0.39 is 10.1 Å². The summed E-state index contributed by atoms with van der Waals surface area (Å²) < 4.78 is 33.0. The topological polar surface area (TPSA) is 70.4 Å². The van der Waals surface area contributed by atoms with E-state index >= 15 is 0 Å². The summed E-state index contributed by atoms with van der Waals surface area (Å²) in [6.45, 7) is 0. The van der Waals surface area contributed by atoms with Crippen molar-refractivity contribution < 1.29 is 17.3 Å². The molecule has 0 fully saturated rings. The van der Waals surface area contributed by atoms with Crippen LogP contribution < -0.4 is 8.92 Å². The number of ether oxygens (including phenoxy) is 1. The minimum atomic E-state index is -3.57. The molecule has 0 N–H and O–H groups in total. The maximum absolute atomic E-state index is 10.8. The predicted octanol–water partition coefficient (Wildman–Crippen LogP) is 0.530. The second-order valence-electron chi connectivity index (χ2n) is 2.54. The average molecular weight is 285 g/mol. The first kappa shape index (κ1) is 11.3. The molecule has 0 atom stereocenters. The van der Waals surface area contributed by atoms with Crippen LogP contribution in [0.25, 0.3) is 0 Å². The molecule has 0 amide bonds. The van der Waals surface area contributed by atoms with Crippen LogP contribution in [0, 0.1) is 0 Å². The molecular weight excluding hydrogens is 276 g/mol. The van der Waals surface area contributed by atoms with E-state index in [1.165, 1.54) is 11.8 Å². The molecule has 0 unspecified atom stereocenters. The van der Waals surface area contributed by atoms with Gasteiger partial charge in [-0.15, -0.1) is 5.10 Å². The monoisotopic (exact) mass is 284 g/mol. The SMILES string of the molecule is COc1c(Br)c(OS(C)(=O)=O)nn1C. The summed E-state index contributed by atoms with van der Waals surface area (Å²) in [7, 11) is -0.512. The molecule has 0 spiro atoms. The van der Waals surface area contributed by atoms with Crippen LogP contribution in [-0.4, -0.2) is 31.6 Å². The van der Waals surface area contributed by atoms with Gasteiger partial charge in [0.05, 0.1) is 13.4 Å². The Morgan fingerprint density at radius 3 is 2.43 bits per heavy atom. The molecule has 14 heavy (non-hydrogen) atoms. The van der Waals surface area contributed by atoms with Gasteiger partial charge in [0.25, 0.3) is 5.88 Å². The summed E-state index contributed by atoms with van der Waals surface area (Å²) in [4.78, 5) is 0. The van der Waals surface area contributed by atoms with Crippen molar-refractivity contribution in [3.8, 4) is 11.8 Å². The smallest absolute Gasteiger partial charge is 0.307 e. The second kappa shape index (κ2) is 3.77. The van der Waals surface area contributed by atoms with Crippen LogP contribution in [0.5, 0.6) is 11.8 Å². The molecule has 0 aliphatic rings. The van der Waals surface area contributed by atoms with Crippen LogP contribution in [-0.2, 0) is 17.2 Å². The number of halogens is 1. The standard InChI is InChI=1S/C6H9BrN2O4S/c1-9-6(12-2)4(7)5(8-9)13-14(3,10)11/h1-3H3. The quantitative estimate of drug-likeness (QED) is 0.758. The molecule has 6 nitrogen and oxygen atoms in total. The molecule has 0 aliphatic heterocycles. The minimum absolute atomic E-state index is 0.0353. The number of rotatable bonds is 3. The van der Waals surface area contributed by atoms with E-state index in [0.717, 1.165) is 6.26 Å². The van der Waals surface area contributed by atoms with E-state index in [2.05, 4.69) is 25.2 Å². The van der Waals surface area contributed by atoms with Crippen LogP contribution in [0.2, 0.25) is 0 Å². The lowest BCUT2D eigenvalue weighted by Gasteiger charge is -1.98. The minimum Gasteiger partial charge on any atom is -0.480 e. The van der Waals surface area contributed by atoms with Gasteiger partial charge in [0.1, 0.15) is 4.47 Å².